The van der Waals surface area contributed by atoms with E-state index in [4.69, 9.17) is 0 Å². The van der Waals surface area contributed by atoms with Crippen molar-refractivity contribution in [1.29, 1.82) is 0 Å². The molecule has 2 aromatic carbocycles. The van der Waals surface area contributed by atoms with E-state index < -0.39 is 0 Å². The molecule has 0 aliphatic carbocycles. The molecule has 4 heteroatoms. The normalized spacial score (nSPS) is 11.0. The van der Waals surface area contributed by atoms with Gasteiger partial charge >= 0.3 is 0 Å². The van der Waals surface area contributed by atoms with Crippen molar-refractivity contribution in [1.82, 2.24) is 9.78 Å². The van der Waals surface area contributed by atoms with Gasteiger partial charge in [-0.3, -0.25) is 9.48 Å². The predicted octanol–water partition coefficient (Wildman–Crippen LogP) is 3.69. The average molecular weight is 343 g/mol. The van der Waals surface area contributed by atoms with Crippen molar-refractivity contribution in [3.8, 4) is 0 Å². The maximum Gasteiger partial charge on any atom is 0.143 e. The minimum absolute atomic E-state index is 0.178. The van der Waals surface area contributed by atoms with Crippen LogP contribution in [0.5, 0.6) is 0 Å². The Labute approximate surface area is 131 Å². The number of benzene rings is 2. The van der Waals surface area contributed by atoms with Gasteiger partial charge < -0.3 is 0 Å². The summed E-state index contributed by atoms with van der Waals surface area (Å²) in [4.78, 5) is 12.3. The summed E-state index contributed by atoms with van der Waals surface area (Å²) in [6.07, 6.45) is 0.804. The number of Topliss-reactive ketones (excluding diaryl/α,β-unsaturated/α-hetero) is 1. The van der Waals surface area contributed by atoms with Crippen molar-refractivity contribution in [3.63, 3.8) is 0 Å². The number of aromatic nitrogens is 2. The highest BCUT2D eigenvalue weighted by Gasteiger charge is 2.12. The molecule has 0 spiro atoms. The van der Waals surface area contributed by atoms with Gasteiger partial charge in [0.05, 0.1) is 17.6 Å². The molecule has 3 rings (SSSR count). The third-order valence-corrected chi connectivity index (χ3v) is 3.98. The SMILES string of the molecule is Cn1nc(CC(=O)Cc2cccc(Br)c2)c2ccccc21. The van der Waals surface area contributed by atoms with E-state index in [0.717, 1.165) is 26.6 Å². The number of para-hydroxylation sites is 1. The van der Waals surface area contributed by atoms with Crippen LogP contribution in [0.3, 0.4) is 0 Å². The molecule has 3 nitrogen and oxygen atoms in total. The molecule has 0 aliphatic rings. The summed E-state index contributed by atoms with van der Waals surface area (Å²) in [5.74, 6) is 0.178. The first-order valence-electron chi connectivity index (χ1n) is 6.80. The molecule has 1 aromatic heterocycles. The largest absolute Gasteiger partial charge is 0.299 e. The number of hydrogen-bond acceptors (Lipinski definition) is 2. The second-order valence-electron chi connectivity index (χ2n) is 5.11. The molecule has 21 heavy (non-hydrogen) atoms. The molecule has 0 unspecified atom stereocenters. The fourth-order valence-corrected chi connectivity index (χ4v) is 2.99. The quantitative estimate of drug-likeness (QED) is 0.724. The highest BCUT2D eigenvalue weighted by Crippen LogP contribution is 2.19. The Bertz CT molecular complexity index is 807. The Hall–Kier alpha value is -1.94. The van der Waals surface area contributed by atoms with Crippen LogP contribution in [0.25, 0.3) is 10.9 Å². The highest BCUT2D eigenvalue weighted by atomic mass is 79.9. The lowest BCUT2D eigenvalue weighted by molar-refractivity contribution is -0.117. The predicted molar refractivity (Wildman–Crippen MR) is 87.3 cm³/mol. The smallest absolute Gasteiger partial charge is 0.143 e. The zero-order valence-corrected chi connectivity index (χ0v) is 13.3. The van der Waals surface area contributed by atoms with E-state index in [1.54, 1.807) is 0 Å². The molecule has 0 bridgehead atoms. The van der Waals surface area contributed by atoms with Gasteiger partial charge in [0, 0.05) is 23.3 Å². The number of carbonyl (C=O) groups is 1. The van der Waals surface area contributed by atoms with Gasteiger partial charge in [0.1, 0.15) is 5.78 Å². The van der Waals surface area contributed by atoms with Gasteiger partial charge in [-0.1, -0.05) is 46.3 Å². The second-order valence-corrected chi connectivity index (χ2v) is 6.03. The molecule has 0 N–H and O–H groups in total. The Kier molecular flexibility index (Phi) is 3.88. The van der Waals surface area contributed by atoms with Crippen LogP contribution in [0, 0.1) is 0 Å². The maximum atomic E-state index is 12.3. The lowest BCUT2D eigenvalue weighted by Crippen LogP contribution is -2.07. The van der Waals surface area contributed by atoms with Crippen LogP contribution in [0.15, 0.2) is 53.0 Å². The number of halogens is 1. The summed E-state index contributed by atoms with van der Waals surface area (Å²) in [6, 6.07) is 15.9. The molecule has 0 aliphatic heterocycles. The van der Waals surface area contributed by atoms with E-state index in [9.17, 15) is 4.79 Å². The molecule has 0 radical (unpaired) electrons. The summed E-state index contributed by atoms with van der Waals surface area (Å²) in [7, 11) is 1.91. The zero-order valence-electron chi connectivity index (χ0n) is 11.7. The first kappa shape index (κ1) is 14.0. The number of ketones is 1. The molecular formula is C17H15BrN2O. The summed E-state index contributed by atoms with van der Waals surface area (Å²) < 4.78 is 2.83. The Morgan fingerprint density at radius 3 is 2.76 bits per heavy atom. The van der Waals surface area contributed by atoms with Crippen LogP contribution in [0.4, 0.5) is 0 Å². The number of nitrogens with zero attached hydrogens (tertiary/aromatic N) is 2. The molecule has 0 saturated carbocycles. The minimum atomic E-state index is 0.178. The topological polar surface area (TPSA) is 34.9 Å². The van der Waals surface area contributed by atoms with Crippen LogP contribution in [0.1, 0.15) is 11.3 Å². The lowest BCUT2D eigenvalue weighted by atomic mass is 10.0. The second kappa shape index (κ2) is 5.82. The molecule has 1 heterocycles. The molecule has 0 atom stereocenters. The van der Waals surface area contributed by atoms with Crippen molar-refractivity contribution >= 4 is 32.6 Å². The van der Waals surface area contributed by atoms with E-state index in [2.05, 4.69) is 21.0 Å². The summed E-state index contributed by atoms with van der Waals surface area (Å²) in [6.45, 7) is 0. The number of hydrogen-bond donors (Lipinski definition) is 0. The van der Waals surface area contributed by atoms with E-state index in [0.29, 0.717) is 12.8 Å². The van der Waals surface area contributed by atoms with Gasteiger partial charge in [-0.05, 0) is 23.8 Å². The third kappa shape index (κ3) is 3.05. The Balaban J connectivity index is 1.80. The number of rotatable bonds is 4. The van der Waals surface area contributed by atoms with E-state index in [-0.39, 0.29) is 5.78 Å². The van der Waals surface area contributed by atoms with Crippen molar-refractivity contribution in [2.24, 2.45) is 7.05 Å². The maximum absolute atomic E-state index is 12.3. The van der Waals surface area contributed by atoms with Crippen molar-refractivity contribution in [3.05, 3.63) is 64.3 Å². The monoisotopic (exact) mass is 342 g/mol. The summed E-state index contributed by atoms with van der Waals surface area (Å²) in [5, 5.41) is 5.53. The number of carbonyl (C=O) groups excluding carboxylic acids is 1. The molecule has 0 saturated heterocycles. The molecule has 0 amide bonds. The fraction of sp³-hybridized carbons (Fsp3) is 0.176. The van der Waals surface area contributed by atoms with Crippen LogP contribution in [-0.4, -0.2) is 15.6 Å². The van der Waals surface area contributed by atoms with Gasteiger partial charge in [-0.2, -0.15) is 5.10 Å². The van der Waals surface area contributed by atoms with Crippen molar-refractivity contribution < 1.29 is 4.79 Å². The van der Waals surface area contributed by atoms with Gasteiger partial charge in [0.15, 0.2) is 0 Å². The highest BCUT2D eigenvalue weighted by molar-refractivity contribution is 9.10. The van der Waals surface area contributed by atoms with Crippen molar-refractivity contribution in [2.45, 2.75) is 12.8 Å². The van der Waals surface area contributed by atoms with Gasteiger partial charge in [-0.25, -0.2) is 0 Å². The molecule has 3 aromatic rings. The van der Waals surface area contributed by atoms with Gasteiger partial charge in [-0.15, -0.1) is 0 Å². The molecule has 0 fully saturated rings. The van der Waals surface area contributed by atoms with E-state index in [1.165, 1.54) is 0 Å². The van der Waals surface area contributed by atoms with Crippen LogP contribution in [-0.2, 0) is 24.7 Å². The van der Waals surface area contributed by atoms with Crippen LogP contribution >= 0.6 is 15.9 Å². The molecule has 106 valence electrons. The van der Waals surface area contributed by atoms with Gasteiger partial charge in [0.25, 0.3) is 0 Å². The third-order valence-electron chi connectivity index (χ3n) is 3.49. The minimum Gasteiger partial charge on any atom is -0.299 e. The summed E-state index contributed by atoms with van der Waals surface area (Å²) >= 11 is 3.43. The van der Waals surface area contributed by atoms with Crippen LogP contribution in [0.2, 0.25) is 0 Å². The van der Waals surface area contributed by atoms with E-state index >= 15 is 0 Å². The zero-order chi connectivity index (χ0) is 14.8. The summed E-state index contributed by atoms with van der Waals surface area (Å²) in [5.41, 5.74) is 2.94. The fourth-order valence-electron chi connectivity index (χ4n) is 2.54. The first-order valence-corrected chi connectivity index (χ1v) is 7.59. The number of fused-ring (bicyclic) bond motifs is 1. The number of aryl methyl sites for hydroxylation is 1. The Morgan fingerprint density at radius 2 is 1.95 bits per heavy atom. The molecular weight excluding hydrogens is 328 g/mol. The van der Waals surface area contributed by atoms with Crippen molar-refractivity contribution in [2.75, 3.05) is 0 Å². The standard InChI is InChI=1S/C17H15BrN2O/c1-20-17-8-3-2-7-15(17)16(19-20)11-14(21)10-12-5-4-6-13(18)9-12/h2-9H,10-11H2,1H3. The average Bonchev–Trinajstić information content (AvgIpc) is 2.76. The Morgan fingerprint density at radius 1 is 1.14 bits per heavy atom. The van der Waals surface area contributed by atoms with Gasteiger partial charge in [0.2, 0.25) is 0 Å². The first-order chi connectivity index (χ1) is 10.1. The van der Waals surface area contributed by atoms with Crippen LogP contribution < -0.4 is 0 Å². The lowest BCUT2D eigenvalue weighted by Gasteiger charge is -2.01. The van der Waals surface area contributed by atoms with E-state index in [1.807, 2.05) is 60.3 Å².